The van der Waals surface area contributed by atoms with Crippen LogP contribution in [-0.2, 0) is 0 Å². The first-order valence-corrected chi connectivity index (χ1v) is 6.62. The van der Waals surface area contributed by atoms with Gasteiger partial charge in [0, 0.05) is 17.6 Å². The minimum Gasteiger partial charge on any atom is -0.368 e. The van der Waals surface area contributed by atoms with E-state index in [0.29, 0.717) is 5.56 Å². The van der Waals surface area contributed by atoms with Gasteiger partial charge in [-0.3, -0.25) is 9.36 Å². The van der Waals surface area contributed by atoms with Crippen molar-refractivity contribution in [3.05, 3.63) is 53.2 Å². The van der Waals surface area contributed by atoms with Crippen LogP contribution in [0.5, 0.6) is 0 Å². The molecule has 2 heterocycles. The molecule has 20 heavy (non-hydrogen) atoms. The first kappa shape index (κ1) is 12.5. The third-order valence-electron chi connectivity index (χ3n) is 3.84. The summed E-state index contributed by atoms with van der Waals surface area (Å²) in [5, 5.41) is 4.40. The number of nitrogens with zero attached hydrogens (tertiary/aromatic N) is 1. The normalized spacial score (nSPS) is 14.2. The predicted molar refractivity (Wildman–Crippen MR) is 81.3 cm³/mol. The number of dihydropyridines is 1. The number of amides is 1. The molecular formula is C16H17N3O. The van der Waals surface area contributed by atoms with E-state index in [-0.39, 0.29) is 0 Å². The third kappa shape index (κ3) is 1.72. The first-order valence-electron chi connectivity index (χ1n) is 6.62. The molecule has 0 atom stereocenters. The van der Waals surface area contributed by atoms with Gasteiger partial charge >= 0.3 is 0 Å². The fourth-order valence-electron chi connectivity index (χ4n) is 2.72. The number of aryl methyl sites for hydroxylation is 1. The zero-order chi connectivity index (χ0) is 14.3. The molecule has 0 fully saturated rings. The molecular weight excluding hydrogens is 250 g/mol. The molecule has 1 aromatic heterocycles. The van der Waals surface area contributed by atoms with Crippen molar-refractivity contribution >= 4 is 22.6 Å². The zero-order valence-electron chi connectivity index (χ0n) is 11.6. The Balaban J connectivity index is 2.41. The number of aromatic nitrogens is 1. The number of hydrogen-bond donors (Lipinski definition) is 2. The number of fused-ring (bicyclic) bond motifs is 1. The highest BCUT2D eigenvalue weighted by atomic mass is 16.1. The molecule has 0 saturated carbocycles. The van der Waals surface area contributed by atoms with Crippen molar-refractivity contribution in [2.24, 2.45) is 5.73 Å². The van der Waals surface area contributed by atoms with E-state index < -0.39 is 5.91 Å². The van der Waals surface area contributed by atoms with Crippen LogP contribution in [0.25, 0.3) is 16.7 Å². The number of hydrogen-bond acceptors (Lipinski definition) is 2. The van der Waals surface area contributed by atoms with Crippen molar-refractivity contribution in [1.29, 1.82) is 0 Å². The summed E-state index contributed by atoms with van der Waals surface area (Å²) in [6.07, 6.45) is 6.07. The van der Waals surface area contributed by atoms with Gasteiger partial charge in [0.15, 0.2) is 0 Å². The van der Waals surface area contributed by atoms with Crippen LogP contribution in [0, 0.1) is 13.8 Å². The van der Waals surface area contributed by atoms with Crippen molar-refractivity contribution in [3.8, 4) is 0 Å². The highest BCUT2D eigenvalue weighted by Gasteiger charge is 2.18. The Labute approximate surface area is 117 Å². The highest BCUT2D eigenvalue weighted by Crippen LogP contribution is 2.30. The monoisotopic (exact) mass is 267 g/mol. The summed E-state index contributed by atoms with van der Waals surface area (Å²) in [7, 11) is 0. The zero-order valence-corrected chi connectivity index (χ0v) is 11.6. The number of primary amides is 1. The number of carbonyl (C=O) groups excluding carboxylic acids is 1. The minimum atomic E-state index is -0.402. The van der Waals surface area contributed by atoms with E-state index in [1.54, 1.807) is 6.07 Å². The molecule has 4 heteroatoms. The Kier molecular flexibility index (Phi) is 2.86. The summed E-state index contributed by atoms with van der Waals surface area (Å²) in [5.41, 5.74) is 9.24. The van der Waals surface area contributed by atoms with E-state index in [2.05, 4.69) is 23.7 Å². The summed E-state index contributed by atoms with van der Waals surface area (Å²) in [4.78, 5) is 11.7. The van der Waals surface area contributed by atoms with E-state index in [0.717, 1.165) is 29.0 Å². The Morgan fingerprint density at radius 3 is 2.80 bits per heavy atom. The lowest BCUT2D eigenvalue weighted by atomic mass is 10.1. The van der Waals surface area contributed by atoms with Crippen LogP contribution in [0.15, 0.2) is 36.4 Å². The van der Waals surface area contributed by atoms with E-state index in [1.165, 1.54) is 5.56 Å². The maximum Gasteiger partial charge on any atom is 0.250 e. The molecule has 0 saturated heterocycles. The number of benzene rings is 1. The second-order valence-electron chi connectivity index (χ2n) is 4.97. The fraction of sp³-hybridized carbons (Fsp3) is 0.188. The van der Waals surface area contributed by atoms with Gasteiger partial charge in [0.25, 0.3) is 5.91 Å². The van der Waals surface area contributed by atoms with Gasteiger partial charge in [-0.25, -0.2) is 0 Å². The molecule has 4 nitrogen and oxygen atoms in total. The molecule has 2 aromatic rings. The summed E-state index contributed by atoms with van der Waals surface area (Å²) in [6, 6.07) is 5.68. The molecule has 3 N–H and O–H groups in total. The SMILES string of the molecule is Cc1c(C)n(C2=CC=CCN2)c2c(C(N)=O)cccc12. The molecule has 102 valence electrons. The number of nitrogens with one attached hydrogen (secondary N) is 1. The van der Waals surface area contributed by atoms with E-state index in [4.69, 9.17) is 5.73 Å². The van der Waals surface area contributed by atoms with Gasteiger partial charge in [0.05, 0.1) is 11.1 Å². The van der Waals surface area contributed by atoms with Crippen LogP contribution in [0.2, 0.25) is 0 Å². The summed E-state index contributed by atoms with van der Waals surface area (Å²) in [5.74, 6) is 0.568. The minimum absolute atomic E-state index is 0.402. The van der Waals surface area contributed by atoms with Crippen LogP contribution in [0.4, 0.5) is 0 Å². The summed E-state index contributed by atoms with van der Waals surface area (Å²) >= 11 is 0. The van der Waals surface area contributed by atoms with Crippen LogP contribution >= 0.6 is 0 Å². The van der Waals surface area contributed by atoms with Crippen LogP contribution in [0.3, 0.4) is 0 Å². The Bertz CT molecular complexity index is 766. The Morgan fingerprint density at radius 1 is 1.35 bits per heavy atom. The van der Waals surface area contributed by atoms with Gasteiger partial charge in [0.2, 0.25) is 0 Å². The number of para-hydroxylation sites is 1. The Hall–Kier alpha value is -2.49. The van der Waals surface area contributed by atoms with Gasteiger partial charge < -0.3 is 11.1 Å². The molecule has 0 radical (unpaired) electrons. The lowest BCUT2D eigenvalue weighted by Gasteiger charge is -2.17. The van der Waals surface area contributed by atoms with Gasteiger partial charge in [-0.2, -0.15) is 0 Å². The molecule has 0 spiro atoms. The van der Waals surface area contributed by atoms with Crippen LogP contribution in [-0.4, -0.2) is 17.0 Å². The van der Waals surface area contributed by atoms with Crippen molar-refractivity contribution in [3.63, 3.8) is 0 Å². The van der Waals surface area contributed by atoms with Gasteiger partial charge in [-0.15, -0.1) is 0 Å². The van der Waals surface area contributed by atoms with E-state index in [9.17, 15) is 4.79 Å². The summed E-state index contributed by atoms with van der Waals surface area (Å²) in [6.45, 7) is 4.90. The summed E-state index contributed by atoms with van der Waals surface area (Å²) < 4.78 is 2.08. The highest BCUT2D eigenvalue weighted by molar-refractivity contribution is 6.07. The predicted octanol–water partition coefficient (Wildman–Crippen LogP) is 2.31. The number of rotatable bonds is 2. The molecule has 0 bridgehead atoms. The first-order chi connectivity index (χ1) is 9.61. The second kappa shape index (κ2) is 4.56. The number of nitrogens with two attached hydrogens (primary N) is 1. The van der Waals surface area contributed by atoms with Crippen LogP contribution < -0.4 is 11.1 Å². The molecule has 1 amide bonds. The van der Waals surface area contributed by atoms with Crippen molar-refractivity contribution < 1.29 is 4.79 Å². The second-order valence-corrected chi connectivity index (χ2v) is 4.97. The molecule has 3 rings (SSSR count). The quantitative estimate of drug-likeness (QED) is 0.877. The van der Waals surface area contributed by atoms with Crippen LogP contribution in [0.1, 0.15) is 21.6 Å². The average Bonchev–Trinajstić information content (AvgIpc) is 2.72. The van der Waals surface area contributed by atoms with Gasteiger partial charge in [-0.05, 0) is 31.6 Å². The number of carbonyl (C=O) groups is 1. The van der Waals surface area contributed by atoms with Gasteiger partial charge in [-0.1, -0.05) is 24.3 Å². The molecule has 0 unspecified atom stereocenters. The van der Waals surface area contributed by atoms with E-state index in [1.807, 2.05) is 30.4 Å². The topological polar surface area (TPSA) is 60.1 Å². The van der Waals surface area contributed by atoms with Crippen molar-refractivity contribution in [1.82, 2.24) is 9.88 Å². The van der Waals surface area contributed by atoms with Crippen molar-refractivity contribution in [2.75, 3.05) is 6.54 Å². The molecule has 1 aliphatic heterocycles. The van der Waals surface area contributed by atoms with E-state index >= 15 is 0 Å². The lowest BCUT2D eigenvalue weighted by molar-refractivity contribution is 0.100. The van der Waals surface area contributed by atoms with Crippen molar-refractivity contribution in [2.45, 2.75) is 13.8 Å². The Morgan fingerprint density at radius 2 is 2.15 bits per heavy atom. The standard InChI is InChI=1S/C16H17N3O/c1-10-11(2)19(14-8-3-4-9-18-14)15-12(10)6-5-7-13(15)16(17)20/h3-8,18H,9H2,1-2H3,(H2,17,20). The molecule has 1 aromatic carbocycles. The smallest absolute Gasteiger partial charge is 0.250 e. The average molecular weight is 267 g/mol. The fourth-order valence-corrected chi connectivity index (χ4v) is 2.72. The maximum atomic E-state index is 11.7. The molecule has 0 aliphatic carbocycles. The third-order valence-corrected chi connectivity index (χ3v) is 3.84. The maximum absolute atomic E-state index is 11.7. The lowest BCUT2D eigenvalue weighted by Crippen LogP contribution is -2.21. The largest absolute Gasteiger partial charge is 0.368 e. The van der Waals surface area contributed by atoms with Gasteiger partial charge in [0.1, 0.15) is 5.82 Å². The number of allylic oxidation sites excluding steroid dienone is 2. The molecule has 1 aliphatic rings.